The number of halogens is 1. The average molecular weight is 422 g/mol. The number of H-pyrrole nitrogens is 1. The number of aromatic nitrogens is 2. The van der Waals surface area contributed by atoms with Gasteiger partial charge in [-0.2, -0.15) is 0 Å². The molecule has 1 aromatic rings. The Morgan fingerprint density at radius 3 is 2.77 bits per heavy atom. The number of hydrogen-bond acceptors (Lipinski definition) is 5. The Labute approximate surface area is 141 Å². The zero-order valence-electron chi connectivity index (χ0n) is 12.7. The summed E-state index contributed by atoms with van der Waals surface area (Å²) >= 11 is 1.86. The number of nitrogens with one attached hydrogen (secondary N) is 1. The third-order valence-corrected chi connectivity index (χ3v) is 4.10. The predicted molar refractivity (Wildman–Crippen MR) is 87.6 cm³/mol. The molecule has 1 saturated heterocycles. The standard InChI is InChI=1S/C14H19IN2O5/c1-14(2,3)12(19)21-7-8-4-5-10(22-8)17-6-9(15)11(18)16-13(17)20/h6,8,10H,4-5,7H2,1-3H3,(H,16,18,20)/t8-,10+/m1/s1. The van der Waals surface area contributed by atoms with Crippen molar-refractivity contribution in [3.8, 4) is 0 Å². The molecular formula is C14H19IN2O5. The Morgan fingerprint density at radius 1 is 1.45 bits per heavy atom. The summed E-state index contributed by atoms with van der Waals surface area (Å²) in [6.45, 7) is 5.53. The van der Waals surface area contributed by atoms with Crippen LogP contribution >= 0.6 is 22.6 Å². The van der Waals surface area contributed by atoms with Crippen molar-refractivity contribution in [1.29, 1.82) is 0 Å². The van der Waals surface area contributed by atoms with Gasteiger partial charge in [0.1, 0.15) is 12.8 Å². The summed E-state index contributed by atoms with van der Waals surface area (Å²) in [4.78, 5) is 37.2. The molecule has 1 aliphatic rings. The van der Waals surface area contributed by atoms with Gasteiger partial charge >= 0.3 is 11.7 Å². The Hall–Kier alpha value is -1.16. The molecule has 122 valence electrons. The first kappa shape index (κ1) is 17.2. The van der Waals surface area contributed by atoms with Crippen molar-refractivity contribution in [2.45, 2.75) is 45.9 Å². The van der Waals surface area contributed by atoms with E-state index in [2.05, 4.69) is 4.98 Å². The van der Waals surface area contributed by atoms with Crippen LogP contribution in [0.15, 0.2) is 15.8 Å². The molecule has 8 heteroatoms. The number of carbonyl (C=O) groups is 1. The van der Waals surface area contributed by atoms with Gasteiger partial charge in [0.2, 0.25) is 0 Å². The lowest BCUT2D eigenvalue weighted by molar-refractivity contribution is -0.157. The largest absolute Gasteiger partial charge is 0.463 e. The van der Waals surface area contributed by atoms with E-state index in [4.69, 9.17) is 9.47 Å². The summed E-state index contributed by atoms with van der Waals surface area (Å²) in [5.74, 6) is -0.282. The predicted octanol–water partition coefficient (Wildman–Crippen LogP) is 1.41. The molecule has 0 aliphatic carbocycles. The highest BCUT2D eigenvalue weighted by Crippen LogP contribution is 2.27. The summed E-state index contributed by atoms with van der Waals surface area (Å²) < 4.78 is 12.8. The Morgan fingerprint density at radius 2 is 2.14 bits per heavy atom. The summed E-state index contributed by atoms with van der Waals surface area (Å²) in [6, 6.07) is 0. The minimum Gasteiger partial charge on any atom is -0.463 e. The molecule has 22 heavy (non-hydrogen) atoms. The van der Waals surface area contributed by atoms with Crippen LogP contribution in [-0.2, 0) is 14.3 Å². The van der Waals surface area contributed by atoms with Gasteiger partial charge in [0, 0.05) is 6.20 Å². The minimum absolute atomic E-state index is 0.168. The van der Waals surface area contributed by atoms with Gasteiger partial charge in [0.25, 0.3) is 5.56 Å². The van der Waals surface area contributed by atoms with Gasteiger partial charge in [-0.25, -0.2) is 4.79 Å². The topological polar surface area (TPSA) is 90.4 Å². The Balaban J connectivity index is 1.99. The number of rotatable bonds is 3. The number of ether oxygens (including phenoxy) is 2. The summed E-state index contributed by atoms with van der Waals surface area (Å²) in [5, 5.41) is 0. The van der Waals surface area contributed by atoms with Gasteiger partial charge in [-0.05, 0) is 56.2 Å². The Bertz CT molecular complexity index is 673. The van der Waals surface area contributed by atoms with E-state index in [1.54, 1.807) is 20.8 Å². The zero-order chi connectivity index (χ0) is 16.5. The molecule has 1 aromatic heterocycles. The summed E-state index contributed by atoms with van der Waals surface area (Å²) in [5.41, 5.74) is -1.46. The van der Waals surface area contributed by atoms with Crippen molar-refractivity contribution in [3.63, 3.8) is 0 Å². The van der Waals surface area contributed by atoms with Crippen molar-refractivity contribution in [1.82, 2.24) is 9.55 Å². The van der Waals surface area contributed by atoms with E-state index in [-0.39, 0.29) is 18.7 Å². The SMILES string of the molecule is CC(C)(C)C(=O)OC[C@H]1CC[C@@H](n2cc(I)c(=O)[nH]c2=O)O1. The molecule has 0 saturated carbocycles. The molecule has 0 amide bonds. The molecule has 0 aromatic carbocycles. The van der Waals surface area contributed by atoms with Crippen LogP contribution in [0.2, 0.25) is 0 Å². The first-order valence-electron chi connectivity index (χ1n) is 7.02. The second-order valence-electron chi connectivity index (χ2n) is 6.28. The normalized spacial score (nSPS) is 21.8. The van der Waals surface area contributed by atoms with Crippen molar-refractivity contribution >= 4 is 28.6 Å². The van der Waals surface area contributed by atoms with Crippen LogP contribution in [0.25, 0.3) is 0 Å². The molecular weight excluding hydrogens is 403 g/mol. The first-order chi connectivity index (χ1) is 10.2. The van der Waals surface area contributed by atoms with Gasteiger partial charge in [0.15, 0.2) is 0 Å². The quantitative estimate of drug-likeness (QED) is 0.588. The maximum atomic E-state index is 11.8. The number of nitrogens with zero attached hydrogens (tertiary/aromatic N) is 1. The number of carbonyl (C=O) groups excluding carboxylic acids is 1. The van der Waals surface area contributed by atoms with E-state index >= 15 is 0 Å². The molecule has 0 spiro atoms. The van der Waals surface area contributed by atoms with Gasteiger partial charge in [-0.1, -0.05) is 0 Å². The fourth-order valence-electron chi connectivity index (χ4n) is 2.07. The summed E-state index contributed by atoms with van der Waals surface area (Å²) in [7, 11) is 0. The lowest BCUT2D eigenvalue weighted by atomic mass is 9.97. The molecule has 2 heterocycles. The molecule has 0 radical (unpaired) electrons. The van der Waals surface area contributed by atoms with Gasteiger partial charge in [-0.15, -0.1) is 0 Å². The fourth-order valence-corrected chi connectivity index (χ4v) is 2.51. The first-order valence-corrected chi connectivity index (χ1v) is 8.10. The van der Waals surface area contributed by atoms with E-state index in [1.165, 1.54) is 10.8 Å². The minimum atomic E-state index is -0.552. The van der Waals surface area contributed by atoms with E-state index in [1.807, 2.05) is 22.6 Å². The number of esters is 1. The van der Waals surface area contributed by atoms with Gasteiger partial charge < -0.3 is 9.47 Å². The van der Waals surface area contributed by atoms with Gasteiger partial charge in [0.05, 0.1) is 15.1 Å². The Kier molecular flexibility index (Phi) is 5.10. The van der Waals surface area contributed by atoms with Crippen LogP contribution < -0.4 is 11.2 Å². The highest BCUT2D eigenvalue weighted by Gasteiger charge is 2.30. The summed E-state index contributed by atoms with van der Waals surface area (Å²) in [6.07, 6.45) is 2.10. The molecule has 1 aliphatic heterocycles. The lowest BCUT2D eigenvalue weighted by Gasteiger charge is -2.19. The second kappa shape index (κ2) is 6.53. The molecule has 7 nitrogen and oxygen atoms in total. The van der Waals surface area contributed by atoms with Crippen molar-refractivity contribution in [2.24, 2.45) is 5.41 Å². The average Bonchev–Trinajstić information content (AvgIpc) is 2.87. The maximum Gasteiger partial charge on any atom is 0.330 e. The molecule has 1 N–H and O–H groups in total. The third-order valence-electron chi connectivity index (χ3n) is 3.33. The van der Waals surface area contributed by atoms with Crippen LogP contribution in [0.3, 0.4) is 0 Å². The lowest BCUT2D eigenvalue weighted by Crippen LogP contribution is -2.34. The molecule has 2 rings (SSSR count). The number of hydrogen-bond donors (Lipinski definition) is 1. The van der Waals surface area contributed by atoms with E-state index in [9.17, 15) is 14.4 Å². The van der Waals surface area contributed by atoms with Crippen molar-refractivity contribution in [3.05, 3.63) is 30.6 Å². The number of aromatic amines is 1. The zero-order valence-corrected chi connectivity index (χ0v) is 14.9. The maximum absolute atomic E-state index is 11.8. The smallest absolute Gasteiger partial charge is 0.330 e. The van der Waals surface area contributed by atoms with Crippen LogP contribution in [0.4, 0.5) is 0 Å². The monoisotopic (exact) mass is 422 g/mol. The van der Waals surface area contributed by atoms with E-state index in [0.29, 0.717) is 16.4 Å². The molecule has 2 atom stereocenters. The van der Waals surface area contributed by atoms with Crippen molar-refractivity contribution < 1.29 is 14.3 Å². The highest BCUT2D eigenvalue weighted by molar-refractivity contribution is 14.1. The second-order valence-corrected chi connectivity index (χ2v) is 7.44. The molecule has 1 fully saturated rings. The molecule has 0 bridgehead atoms. The van der Waals surface area contributed by atoms with E-state index in [0.717, 1.165) is 0 Å². The van der Waals surface area contributed by atoms with Crippen LogP contribution in [0.5, 0.6) is 0 Å². The van der Waals surface area contributed by atoms with Gasteiger partial charge in [-0.3, -0.25) is 19.1 Å². The van der Waals surface area contributed by atoms with Crippen LogP contribution in [0, 0.1) is 8.99 Å². The highest BCUT2D eigenvalue weighted by atomic mass is 127. The van der Waals surface area contributed by atoms with E-state index < -0.39 is 22.9 Å². The third kappa shape index (κ3) is 3.97. The van der Waals surface area contributed by atoms with Crippen LogP contribution in [0.1, 0.15) is 39.8 Å². The fraction of sp³-hybridized carbons (Fsp3) is 0.643. The van der Waals surface area contributed by atoms with Crippen molar-refractivity contribution in [2.75, 3.05) is 6.61 Å². The molecule has 0 unspecified atom stereocenters. The van der Waals surface area contributed by atoms with Crippen LogP contribution in [-0.4, -0.2) is 28.2 Å².